The Morgan fingerprint density at radius 1 is 1.38 bits per heavy atom. The first-order valence-corrected chi connectivity index (χ1v) is 7.30. The molecule has 4 heteroatoms. The van der Waals surface area contributed by atoms with Crippen LogP contribution in [-0.2, 0) is 0 Å². The van der Waals surface area contributed by atoms with E-state index in [-0.39, 0.29) is 24.1 Å². The third-order valence-corrected chi connectivity index (χ3v) is 3.95. The van der Waals surface area contributed by atoms with Crippen LogP contribution in [0.3, 0.4) is 0 Å². The van der Waals surface area contributed by atoms with E-state index in [9.17, 15) is 9.18 Å². The van der Waals surface area contributed by atoms with Crippen LogP contribution in [0.4, 0.5) is 4.39 Å². The van der Waals surface area contributed by atoms with Crippen molar-refractivity contribution in [1.29, 1.82) is 0 Å². The maximum absolute atomic E-state index is 13.9. The largest absolute Gasteiger partial charge is 0.384 e. The Morgan fingerprint density at radius 3 is 2.76 bits per heavy atom. The van der Waals surface area contributed by atoms with Crippen molar-refractivity contribution in [2.24, 2.45) is 0 Å². The van der Waals surface area contributed by atoms with Crippen molar-refractivity contribution >= 4 is 5.91 Å². The fraction of sp³-hybridized carbons (Fsp3) is 0.471. The molecule has 112 valence electrons. The van der Waals surface area contributed by atoms with Crippen molar-refractivity contribution in [2.45, 2.75) is 38.1 Å². The number of aliphatic hydroxyl groups excluding tert-OH is 1. The van der Waals surface area contributed by atoms with Crippen molar-refractivity contribution in [2.75, 3.05) is 13.7 Å². The summed E-state index contributed by atoms with van der Waals surface area (Å²) >= 11 is 0. The zero-order chi connectivity index (χ0) is 15.2. The fourth-order valence-corrected chi connectivity index (χ4v) is 2.73. The van der Waals surface area contributed by atoms with E-state index < -0.39 is 5.82 Å². The molecule has 3 nitrogen and oxygen atoms in total. The van der Waals surface area contributed by atoms with E-state index in [1.807, 2.05) is 0 Å². The van der Waals surface area contributed by atoms with Gasteiger partial charge >= 0.3 is 0 Å². The summed E-state index contributed by atoms with van der Waals surface area (Å²) in [6.07, 6.45) is 5.40. The first-order valence-electron chi connectivity index (χ1n) is 7.30. The van der Waals surface area contributed by atoms with Gasteiger partial charge in [-0.2, -0.15) is 0 Å². The van der Waals surface area contributed by atoms with Gasteiger partial charge < -0.3 is 10.0 Å². The Labute approximate surface area is 124 Å². The van der Waals surface area contributed by atoms with E-state index in [0.717, 1.165) is 25.7 Å². The molecule has 1 aromatic carbocycles. The highest BCUT2D eigenvalue weighted by atomic mass is 19.1. The van der Waals surface area contributed by atoms with Crippen molar-refractivity contribution in [3.63, 3.8) is 0 Å². The van der Waals surface area contributed by atoms with E-state index in [1.54, 1.807) is 11.9 Å². The standard InChI is InChI=1S/C17H20FNO2/c1-19(14-7-3-2-4-8-14)17(21)15-12-13(6-5-11-20)9-10-16(15)18/h9-10,12,14,20H,2-4,7-8,11H2,1H3. The molecule has 1 aliphatic rings. The number of hydrogen-bond acceptors (Lipinski definition) is 2. The second-order valence-electron chi connectivity index (χ2n) is 5.36. The normalized spacial score (nSPS) is 15.2. The van der Waals surface area contributed by atoms with Gasteiger partial charge in [0.15, 0.2) is 0 Å². The number of aliphatic hydroxyl groups is 1. The van der Waals surface area contributed by atoms with Gasteiger partial charge in [-0.3, -0.25) is 4.79 Å². The van der Waals surface area contributed by atoms with Crippen LogP contribution >= 0.6 is 0 Å². The maximum Gasteiger partial charge on any atom is 0.256 e. The van der Waals surface area contributed by atoms with Crippen LogP contribution < -0.4 is 0 Å². The average Bonchev–Trinajstić information content (AvgIpc) is 2.53. The van der Waals surface area contributed by atoms with Gasteiger partial charge in [-0.15, -0.1) is 0 Å². The minimum absolute atomic E-state index is 0.0489. The third kappa shape index (κ3) is 3.83. The lowest BCUT2D eigenvalue weighted by atomic mass is 9.94. The summed E-state index contributed by atoms with van der Waals surface area (Å²) in [6.45, 7) is -0.261. The molecule has 0 unspecified atom stereocenters. The number of carbonyl (C=O) groups is 1. The Balaban J connectivity index is 2.20. The minimum atomic E-state index is -0.530. The van der Waals surface area contributed by atoms with Crippen molar-refractivity contribution in [3.05, 3.63) is 35.1 Å². The zero-order valence-corrected chi connectivity index (χ0v) is 12.2. The van der Waals surface area contributed by atoms with Gasteiger partial charge in [0.2, 0.25) is 0 Å². The number of amides is 1. The van der Waals surface area contributed by atoms with E-state index in [0.29, 0.717) is 5.56 Å². The van der Waals surface area contributed by atoms with Crippen molar-refractivity contribution < 1.29 is 14.3 Å². The number of hydrogen-bond donors (Lipinski definition) is 1. The smallest absolute Gasteiger partial charge is 0.256 e. The molecule has 2 rings (SSSR count). The molecule has 1 N–H and O–H groups in total. The lowest BCUT2D eigenvalue weighted by molar-refractivity contribution is 0.0691. The summed E-state index contributed by atoms with van der Waals surface area (Å²) < 4.78 is 13.9. The molecule has 0 bridgehead atoms. The van der Waals surface area contributed by atoms with Crippen LogP contribution in [0.1, 0.15) is 48.0 Å². The van der Waals surface area contributed by atoms with Gasteiger partial charge in [0.05, 0.1) is 5.56 Å². The SMILES string of the molecule is CN(C(=O)c1cc(C#CCO)ccc1F)C1CCCCC1. The highest BCUT2D eigenvalue weighted by Crippen LogP contribution is 2.23. The quantitative estimate of drug-likeness (QED) is 0.850. The summed E-state index contributed by atoms with van der Waals surface area (Å²) in [6, 6.07) is 4.41. The monoisotopic (exact) mass is 289 g/mol. The van der Waals surface area contributed by atoms with Crippen molar-refractivity contribution in [3.8, 4) is 11.8 Å². The van der Waals surface area contributed by atoms with Gasteiger partial charge in [-0.05, 0) is 31.0 Å². The number of benzene rings is 1. The maximum atomic E-state index is 13.9. The molecular formula is C17H20FNO2. The van der Waals surface area contributed by atoms with Gasteiger partial charge in [-0.25, -0.2) is 4.39 Å². The van der Waals surface area contributed by atoms with E-state index in [4.69, 9.17) is 5.11 Å². The Kier molecular flexibility index (Phi) is 5.35. The summed E-state index contributed by atoms with van der Waals surface area (Å²) in [5.74, 6) is 4.37. The Bertz CT molecular complexity index is 568. The second-order valence-corrected chi connectivity index (χ2v) is 5.36. The molecule has 1 aliphatic carbocycles. The second kappa shape index (κ2) is 7.24. The van der Waals surface area contributed by atoms with E-state index >= 15 is 0 Å². The third-order valence-electron chi connectivity index (χ3n) is 3.95. The Morgan fingerprint density at radius 2 is 2.10 bits per heavy atom. The van der Waals surface area contributed by atoms with Gasteiger partial charge in [0.1, 0.15) is 12.4 Å². The molecule has 0 radical (unpaired) electrons. The lowest BCUT2D eigenvalue weighted by Gasteiger charge is -2.31. The minimum Gasteiger partial charge on any atom is -0.384 e. The molecule has 1 amide bonds. The highest BCUT2D eigenvalue weighted by Gasteiger charge is 2.24. The predicted octanol–water partition coefficient (Wildman–Crippen LogP) is 2.57. The zero-order valence-electron chi connectivity index (χ0n) is 12.2. The molecule has 0 atom stereocenters. The summed E-state index contributed by atoms with van der Waals surface area (Å²) in [4.78, 5) is 14.1. The molecule has 0 aliphatic heterocycles. The van der Waals surface area contributed by atoms with Crippen LogP contribution in [-0.4, -0.2) is 35.6 Å². The summed E-state index contributed by atoms with van der Waals surface area (Å²) in [5, 5.41) is 8.70. The first-order chi connectivity index (χ1) is 10.1. The van der Waals surface area contributed by atoms with Crippen LogP contribution in [0, 0.1) is 17.7 Å². The predicted molar refractivity (Wildman–Crippen MR) is 79.3 cm³/mol. The molecule has 0 spiro atoms. The Hall–Kier alpha value is -1.86. The highest BCUT2D eigenvalue weighted by molar-refractivity contribution is 5.95. The molecule has 0 heterocycles. The number of carbonyl (C=O) groups excluding carboxylic acids is 1. The molecule has 1 fully saturated rings. The fourth-order valence-electron chi connectivity index (χ4n) is 2.73. The number of halogens is 1. The van der Waals surface area contributed by atoms with Crippen LogP contribution in [0.15, 0.2) is 18.2 Å². The first kappa shape index (κ1) is 15.5. The molecular weight excluding hydrogens is 269 g/mol. The molecule has 21 heavy (non-hydrogen) atoms. The number of nitrogens with zero attached hydrogens (tertiary/aromatic N) is 1. The molecule has 1 saturated carbocycles. The molecule has 0 saturated heterocycles. The molecule has 1 aromatic rings. The summed E-state index contributed by atoms with van der Waals surface area (Å²) in [5.41, 5.74) is 0.582. The van der Waals surface area contributed by atoms with Gasteiger partial charge in [0.25, 0.3) is 5.91 Å². The topological polar surface area (TPSA) is 40.5 Å². The van der Waals surface area contributed by atoms with Crippen molar-refractivity contribution in [1.82, 2.24) is 4.90 Å². The van der Waals surface area contributed by atoms with Gasteiger partial charge in [-0.1, -0.05) is 31.1 Å². The average molecular weight is 289 g/mol. The van der Waals surface area contributed by atoms with Crippen LogP contribution in [0.25, 0.3) is 0 Å². The van der Waals surface area contributed by atoms with Crippen LogP contribution in [0.2, 0.25) is 0 Å². The summed E-state index contributed by atoms with van der Waals surface area (Å²) in [7, 11) is 1.74. The lowest BCUT2D eigenvalue weighted by Crippen LogP contribution is -2.38. The van der Waals surface area contributed by atoms with Crippen LogP contribution in [0.5, 0.6) is 0 Å². The van der Waals surface area contributed by atoms with Gasteiger partial charge in [0, 0.05) is 18.7 Å². The van der Waals surface area contributed by atoms with E-state index in [1.165, 1.54) is 24.6 Å². The van der Waals surface area contributed by atoms with E-state index in [2.05, 4.69) is 11.8 Å². The molecule has 0 aromatic heterocycles. The number of rotatable bonds is 2.